The van der Waals surface area contributed by atoms with E-state index in [0.29, 0.717) is 5.56 Å². The monoisotopic (exact) mass is 253 g/mol. The van der Waals surface area contributed by atoms with E-state index in [2.05, 4.69) is 9.97 Å². The van der Waals surface area contributed by atoms with E-state index in [1.54, 1.807) is 18.5 Å². The Labute approximate surface area is 109 Å². The molecule has 3 aromatic rings. The maximum absolute atomic E-state index is 13.8. The van der Waals surface area contributed by atoms with Crippen LogP contribution in [0.15, 0.2) is 55.0 Å². The van der Waals surface area contributed by atoms with Gasteiger partial charge in [-0.25, -0.2) is 4.39 Å². The van der Waals surface area contributed by atoms with E-state index < -0.39 is 11.9 Å². The van der Waals surface area contributed by atoms with Gasteiger partial charge in [-0.1, -0.05) is 18.2 Å². The molecule has 0 aliphatic heterocycles. The Morgan fingerprint density at radius 2 is 1.79 bits per heavy atom. The molecule has 19 heavy (non-hydrogen) atoms. The molecule has 0 amide bonds. The van der Waals surface area contributed by atoms with Gasteiger partial charge in [0.15, 0.2) is 0 Å². The predicted octanol–water partition coefficient (Wildman–Crippen LogP) is 2.82. The SMILES string of the molecule is NC(c1ccncc1F)c1ccnc2ccccc12. The van der Waals surface area contributed by atoms with E-state index in [1.165, 1.54) is 6.20 Å². The lowest BCUT2D eigenvalue weighted by atomic mass is 9.97. The molecule has 0 bridgehead atoms. The molecule has 2 heterocycles. The Morgan fingerprint density at radius 3 is 2.63 bits per heavy atom. The van der Waals surface area contributed by atoms with Gasteiger partial charge >= 0.3 is 0 Å². The molecule has 94 valence electrons. The van der Waals surface area contributed by atoms with Crippen LogP contribution in [0, 0.1) is 5.82 Å². The van der Waals surface area contributed by atoms with Crippen LogP contribution in [-0.2, 0) is 0 Å². The minimum atomic E-state index is -0.532. The van der Waals surface area contributed by atoms with Crippen molar-refractivity contribution in [3.8, 4) is 0 Å². The zero-order valence-electron chi connectivity index (χ0n) is 10.1. The van der Waals surface area contributed by atoms with Gasteiger partial charge in [0.1, 0.15) is 5.82 Å². The summed E-state index contributed by atoms with van der Waals surface area (Å²) in [6, 6.07) is 10.6. The summed E-state index contributed by atoms with van der Waals surface area (Å²) >= 11 is 0. The summed E-state index contributed by atoms with van der Waals surface area (Å²) in [6.45, 7) is 0. The Bertz CT molecular complexity index is 722. The Morgan fingerprint density at radius 1 is 1.00 bits per heavy atom. The molecule has 1 atom stereocenters. The standard InChI is InChI=1S/C15H12FN3/c16-13-9-18-7-5-12(13)15(17)11-6-8-19-14-4-2-1-3-10(11)14/h1-9,15H,17H2. The zero-order chi connectivity index (χ0) is 13.2. The van der Waals surface area contributed by atoms with Crippen LogP contribution < -0.4 is 5.73 Å². The van der Waals surface area contributed by atoms with Crippen LogP contribution in [0.4, 0.5) is 4.39 Å². The molecule has 3 nitrogen and oxygen atoms in total. The maximum atomic E-state index is 13.8. The van der Waals surface area contributed by atoms with Crippen LogP contribution in [0.2, 0.25) is 0 Å². The van der Waals surface area contributed by atoms with Crippen molar-refractivity contribution >= 4 is 10.9 Å². The summed E-state index contributed by atoms with van der Waals surface area (Å²) in [5.41, 5.74) is 8.33. The van der Waals surface area contributed by atoms with E-state index in [9.17, 15) is 4.39 Å². The van der Waals surface area contributed by atoms with Crippen molar-refractivity contribution in [2.24, 2.45) is 5.73 Å². The fraction of sp³-hybridized carbons (Fsp3) is 0.0667. The van der Waals surface area contributed by atoms with Gasteiger partial charge in [0, 0.05) is 23.3 Å². The first-order valence-electron chi connectivity index (χ1n) is 5.96. The minimum absolute atomic E-state index is 0.393. The lowest BCUT2D eigenvalue weighted by molar-refractivity contribution is 0.594. The third-order valence-corrected chi connectivity index (χ3v) is 3.16. The average molecular weight is 253 g/mol. The summed E-state index contributed by atoms with van der Waals surface area (Å²) in [4.78, 5) is 8.02. The van der Waals surface area contributed by atoms with Crippen molar-refractivity contribution in [2.45, 2.75) is 6.04 Å². The molecule has 3 rings (SSSR count). The second-order valence-corrected chi connectivity index (χ2v) is 4.29. The Balaban J connectivity index is 2.17. The lowest BCUT2D eigenvalue weighted by Gasteiger charge is -2.15. The highest BCUT2D eigenvalue weighted by molar-refractivity contribution is 5.82. The van der Waals surface area contributed by atoms with E-state index in [1.807, 2.05) is 30.3 Å². The van der Waals surface area contributed by atoms with Gasteiger partial charge in [-0.2, -0.15) is 0 Å². The Kier molecular flexibility index (Phi) is 2.93. The molecule has 4 heteroatoms. The molecule has 1 unspecified atom stereocenters. The second kappa shape index (κ2) is 4.74. The van der Waals surface area contributed by atoms with Crippen LogP contribution in [0.5, 0.6) is 0 Å². The van der Waals surface area contributed by atoms with Crippen LogP contribution in [-0.4, -0.2) is 9.97 Å². The first kappa shape index (κ1) is 11.7. The van der Waals surface area contributed by atoms with E-state index in [4.69, 9.17) is 5.73 Å². The number of benzene rings is 1. The average Bonchev–Trinajstić information content (AvgIpc) is 2.46. The summed E-state index contributed by atoms with van der Waals surface area (Å²) in [5, 5.41) is 0.939. The largest absolute Gasteiger partial charge is 0.320 e. The summed E-state index contributed by atoms with van der Waals surface area (Å²) in [7, 11) is 0. The quantitative estimate of drug-likeness (QED) is 0.764. The molecule has 2 aromatic heterocycles. The smallest absolute Gasteiger partial charge is 0.146 e. The maximum Gasteiger partial charge on any atom is 0.146 e. The van der Waals surface area contributed by atoms with Crippen LogP contribution in [0.25, 0.3) is 10.9 Å². The number of halogens is 1. The molecule has 0 aliphatic carbocycles. The van der Waals surface area contributed by atoms with Crippen molar-refractivity contribution in [3.63, 3.8) is 0 Å². The Hall–Kier alpha value is -2.33. The fourth-order valence-corrected chi connectivity index (χ4v) is 2.19. The molecule has 1 aromatic carbocycles. The first-order valence-corrected chi connectivity index (χ1v) is 5.96. The van der Waals surface area contributed by atoms with E-state index >= 15 is 0 Å². The molecule has 2 N–H and O–H groups in total. The predicted molar refractivity (Wildman–Crippen MR) is 72.0 cm³/mol. The number of pyridine rings is 2. The van der Waals surface area contributed by atoms with Gasteiger partial charge in [-0.3, -0.25) is 9.97 Å². The van der Waals surface area contributed by atoms with Crippen LogP contribution in [0.3, 0.4) is 0 Å². The molecule has 0 fully saturated rings. The molecule has 0 aliphatic rings. The van der Waals surface area contributed by atoms with Crippen LogP contribution >= 0.6 is 0 Å². The molecule has 0 saturated heterocycles. The third-order valence-electron chi connectivity index (χ3n) is 3.16. The highest BCUT2D eigenvalue weighted by atomic mass is 19.1. The first-order chi connectivity index (χ1) is 9.27. The fourth-order valence-electron chi connectivity index (χ4n) is 2.19. The van der Waals surface area contributed by atoms with Crippen molar-refractivity contribution in [3.05, 3.63) is 71.9 Å². The second-order valence-electron chi connectivity index (χ2n) is 4.29. The number of nitrogens with zero attached hydrogens (tertiary/aromatic N) is 2. The number of hydrogen-bond donors (Lipinski definition) is 1. The van der Waals surface area contributed by atoms with Crippen molar-refractivity contribution in [1.82, 2.24) is 9.97 Å². The summed E-state index contributed by atoms with van der Waals surface area (Å²) in [6.07, 6.45) is 4.41. The molecule has 0 saturated carbocycles. The normalized spacial score (nSPS) is 12.5. The number of hydrogen-bond acceptors (Lipinski definition) is 3. The van der Waals surface area contributed by atoms with E-state index in [0.717, 1.165) is 16.5 Å². The van der Waals surface area contributed by atoms with Gasteiger partial charge in [0.2, 0.25) is 0 Å². The van der Waals surface area contributed by atoms with Gasteiger partial charge < -0.3 is 5.73 Å². The number of fused-ring (bicyclic) bond motifs is 1. The summed E-state index contributed by atoms with van der Waals surface area (Å²) < 4.78 is 13.8. The lowest BCUT2D eigenvalue weighted by Crippen LogP contribution is -2.14. The summed E-state index contributed by atoms with van der Waals surface area (Å²) in [5.74, 6) is -0.393. The molecular formula is C15H12FN3. The van der Waals surface area contributed by atoms with E-state index in [-0.39, 0.29) is 0 Å². The van der Waals surface area contributed by atoms with Crippen molar-refractivity contribution in [2.75, 3.05) is 0 Å². The highest BCUT2D eigenvalue weighted by Crippen LogP contribution is 2.27. The number of para-hydroxylation sites is 1. The number of rotatable bonds is 2. The molecular weight excluding hydrogens is 241 g/mol. The van der Waals surface area contributed by atoms with Crippen LogP contribution in [0.1, 0.15) is 17.2 Å². The third kappa shape index (κ3) is 2.06. The molecule has 0 spiro atoms. The van der Waals surface area contributed by atoms with Gasteiger partial charge in [-0.05, 0) is 23.8 Å². The van der Waals surface area contributed by atoms with Gasteiger partial charge in [-0.15, -0.1) is 0 Å². The highest BCUT2D eigenvalue weighted by Gasteiger charge is 2.15. The zero-order valence-corrected chi connectivity index (χ0v) is 10.1. The topological polar surface area (TPSA) is 51.8 Å². The van der Waals surface area contributed by atoms with Gasteiger partial charge in [0.25, 0.3) is 0 Å². The molecule has 0 radical (unpaired) electrons. The number of aromatic nitrogens is 2. The van der Waals surface area contributed by atoms with Crippen molar-refractivity contribution in [1.29, 1.82) is 0 Å². The van der Waals surface area contributed by atoms with Crippen molar-refractivity contribution < 1.29 is 4.39 Å². The minimum Gasteiger partial charge on any atom is -0.320 e. The van der Waals surface area contributed by atoms with Gasteiger partial charge in [0.05, 0.1) is 17.8 Å². The number of nitrogens with two attached hydrogens (primary N) is 1.